The molecule has 1 heterocycles. The van der Waals surface area contributed by atoms with Crippen molar-refractivity contribution in [1.82, 2.24) is 4.57 Å². The molecule has 0 aliphatic heterocycles. The molecule has 5 heteroatoms. The highest BCUT2D eigenvalue weighted by molar-refractivity contribution is 9.10. The lowest BCUT2D eigenvalue weighted by molar-refractivity contribution is -0.384. The average Bonchev–Trinajstić information content (AvgIpc) is 2.82. The molecule has 1 aromatic heterocycles. The van der Waals surface area contributed by atoms with Crippen molar-refractivity contribution in [2.45, 2.75) is 0 Å². The maximum absolute atomic E-state index is 11.1. The van der Waals surface area contributed by atoms with E-state index >= 15 is 0 Å². The SMILES string of the molecule is O=[N+]([O-])c1ccc(Br)cc1-n1ccc2ccccc21. The molecule has 0 unspecified atom stereocenters. The highest BCUT2D eigenvalue weighted by atomic mass is 79.9. The number of hydrogen-bond acceptors (Lipinski definition) is 2. The number of benzene rings is 2. The van der Waals surface area contributed by atoms with Crippen LogP contribution in [0, 0.1) is 10.1 Å². The van der Waals surface area contributed by atoms with Gasteiger partial charge in [-0.2, -0.15) is 0 Å². The Bertz CT molecular complexity index is 780. The molecule has 0 saturated heterocycles. The molecule has 4 nitrogen and oxygen atoms in total. The number of nitro groups is 1. The minimum atomic E-state index is -0.365. The molecule has 3 aromatic rings. The van der Waals surface area contributed by atoms with Gasteiger partial charge < -0.3 is 4.57 Å². The lowest BCUT2D eigenvalue weighted by Gasteiger charge is -2.07. The summed E-state index contributed by atoms with van der Waals surface area (Å²) in [6.45, 7) is 0. The van der Waals surface area contributed by atoms with Gasteiger partial charge in [0, 0.05) is 16.7 Å². The first-order valence-corrected chi connectivity index (χ1v) is 6.46. The molecule has 0 N–H and O–H groups in total. The molecule has 0 saturated carbocycles. The van der Waals surface area contributed by atoms with Crippen LogP contribution in [0.1, 0.15) is 0 Å². The third-order valence-electron chi connectivity index (χ3n) is 2.99. The Morgan fingerprint density at radius 1 is 1.11 bits per heavy atom. The van der Waals surface area contributed by atoms with Gasteiger partial charge in [0.1, 0.15) is 5.69 Å². The zero-order chi connectivity index (χ0) is 13.4. The molecule has 0 aliphatic carbocycles. The smallest absolute Gasteiger partial charge is 0.293 e. The van der Waals surface area contributed by atoms with E-state index in [1.165, 1.54) is 6.07 Å². The zero-order valence-corrected chi connectivity index (χ0v) is 11.4. The summed E-state index contributed by atoms with van der Waals surface area (Å²) < 4.78 is 2.64. The summed E-state index contributed by atoms with van der Waals surface area (Å²) in [6, 6.07) is 14.7. The zero-order valence-electron chi connectivity index (χ0n) is 9.79. The van der Waals surface area contributed by atoms with E-state index in [-0.39, 0.29) is 10.6 Å². The van der Waals surface area contributed by atoms with Gasteiger partial charge in [-0.1, -0.05) is 34.1 Å². The molecule has 0 radical (unpaired) electrons. The van der Waals surface area contributed by atoms with E-state index in [1.54, 1.807) is 12.1 Å². The molecule has 0 aliphatic rings. The number of aromatic nitrogens is 1. The summed E-state index contributed by atoms with van der Waals surface area (Å²) in [5, 5.41) is 12.2. The van der Waals surface area contributed by atoms with Crippen molar-refractivity contribution in [3.8, 4) is 5.69 Å². The van der Waals surface area contributed by atoms with Crippen LogP contribution >= 0.6 is 15.9 Å². The fourth-order valence-electron chi connectivity index (χ4n) is 2.14. The van der Waals surface area contributed by atoms with Gasteiger partial charge in [-0.25, -0.2) is 0 Å². The summed E-state index contributed by atoms with van der Waals surface area (Å²) in [6.07, 6.45) is 1.85. The highest BCUT2D eigenvalue weighted by Gasteiger charge is 2.16. The Morgan fingerprint density at radius 3 is 2.68 bits per heavy atom. The van der Waals surface area contributed by atoms with Gasteiger partial charge in [0.2, 0.25) is 0 Å². The van der Waals surface area contributed by atoms with Crippen LogP contribution in [0.4, 0.5) is 5.69 Å². The first-order chi connectivity index (χ1) is 9.16. The number of nitro benzene ring substituents is 1. The van der Waals surface area contributed by atoms with E-state index in [1.807, 2.05) is 41.1 Å². The first kappa shape index (κ1) is 11.9. The van der Waals surface area contributed by atoms with E-state index in [0.29, 0.717) is 5.69 Å². The van der Waals surface area contributed by atoms with E-state index < -0.39 is 0 Å². The number of hydrogen-bond donors (Lipinski definition) is 0. The van der Waals surface area contributed by atoms with Crippen molar-refractivity contribution in [3.63, 3.8) is 0 Å². The molecule has 3 rings (SSSR count). The lowest BCUT2D eigenvalue weighted by Crippen LogP contribution is -1.98. The second kappa shape index (κ2) is 4.51. The molecule has 0 spiro atoms. The van der Waals surface area contributed by atoms with Gasteiger partial charge in [-0.15, -0.1) is 0 Å². The fraction of sp³-hybridized carbons (Fsp3) is 0. The molecule has 0 atom stereocenters. The van der Waals surface area contributed by atoms with E-state index in [0.717, 1.165) is 15.4 Å². The number of rotatable bonds is 2. The van der Waals surface area contributed by atoms with E-state index in [4.69, 9.17) is 0 Å². The van der Waals surface area contributed by atoms with Gasteiger partial charge in [0.05, 0.1) is 10.4 Å². The van der Waals surface area contributed by atoms with Crippen molar-refractivity contribution in [2.24, 2.45) is 0 Å². The third kappa shape index (κ3) is 2.02. The third-order valence-corrected chi connectivity index (χ3v) is 3.49. The summed E-state index contributed by atoms with van der Waals surface area (Å²) in [5.41, 5.74) is 1.59. The van der Waals surface area contributed by atoms with Crippen molar-refractivity contribution >= 4 is 32.5 Å². The molecule has 0 amide bonds. The Balaban J connectivity index is 2.32. The van der Waals surface area contributed by atoms with E-state index in [9.17, 15) is 10.1 Å². The van der Waals surface area contributed by atoms with Crippen molar-refractivity contribution in [3.05, 3.63) is 69.3 Å². The molecule has 0 bridgehead atoms. The number of nitrogens with zero attached hydrogens (tertiary/aromatic N) is 2. The van der Waals surface area contributed by atoms with Crippen LogP contribution in [0.2, 0.25) is 0 Å². The normalized spacial score (nSPS) is 10.8. The molecular formula is C14H9BrN2O2. The van der Waals surface area contributed by atoms with Crippen LogP contribution in [0.15, 0.2) is 59.2 Å². The largest absolute Gasteiger partial charge is 0.311 e. The number of fused-ring (bicyclic) bond motifs is 1. The second-order valence-electron chi connectivity index (χ2n) is 4.13. The molecule has 19 heavy (non-hydrogen) atoms. The van der Waals surface area contributed by atoms with Gasteiger partial charge >= 0.3 is 0 Å². The van der Waals surface area contributed by atoms with Crippen LogP contribution in [0.3, 0.4) is 0 Å². The van der Waals surface area contributed by atoms with Gasteiger partial charge in [0.25, 0.3) is 5.69 Å². The Hall–Kier alpha value is -2.14. The summed E-state index contributed by atoms with van der Waals surface area (Å²) in [4.78, 5) is 10.8. The predicted octanol–water partition coefficient (Wildman–Crippen LogP) is 4.30. The summed E-state index contributed by atoms with van der Waals surface area (Å²) in [5.74, 6) is 0. The van der Waals surface area contributed by atoms with Crippen LogP contribution in [0.5, 0.6) is 0 Å². The fourth-order valence-corrected chi connectivity index (χ4v) is 2.49. The topological polar surface area (TPSA) is 48.1 Å². The maximum Gasteiger partial charge on any atom is 0.293 e. The van der Waals surface area contributed by atoms with E-state index in [2.05, 4.69) is 15.9 Å². The predicted molar refractivity (Wildman–Crippen MR) is 77.6 cm³/mol. The quantitative estimate of drug-likeness (QED) is 0.522. The molecule has 2 aromatic carbocycles. The van der Waals surface area contributed by atoms with Crippen LogP contribution < -0.4 is 0 Å². The van der Waals surface area contributed by atoms with Crippen molar-refractivity contribution in [1.29, 1.82) is 0 Å². The van der Waals surface area contributed by atoms with Crippen LogP contribution in [-0.4, -0.2) is 9.49 Å². The minimum Gasteiger partial charge on any atom is -0.311 e. The average molecular weight is 317 g/mol. The van der Waals surface area contributed by atoms with Gasteiger partial charge in [-0.05, 0) is 29.7 Å². The lowest BCUT2D eigenvalue weighted by atomic mass is 10.2. The highest BCUT2D eigenvalue weighted by Crippen LogP contribution is 2.29. The van der Waals surface area contributed by atoms with Crippen LogP contribution in [0.25, 0.3) is 16.6 Å². The Morgan fingerprint density at radius 2 is 1.89 bits per heavy atom. The van der Waals surface area contributed by atoms with Gasteiger partial charge in [-0.3, -0.25) is 10.1 Å². The second-order valence-corrected chi connectivity index (χ2v) is 5.05. The maximum atomic E-state index is 11.1. The molecular weight excluding hydrogens is 308 g/mol. The summed E-state index contributed by atoms with van der Waals surface area (Å²) >= 11 is 3.36. The molecule has 0 fully saturated rings. The number of halogens is 1. The molecule has 94 valence electrons. The van der Waals surface area contributed by atoms with Crippen LogP contribution in [-0.2, 0) is 0 Å². The van der Waals surface area contributed by atoms with Crippen molar-refractivity contribution in [2.75, 3.05) is 0 Å². The summed E-state index contributed by atoms with van der Waals surface area (Å²) in [7, 11) is 0. The Labute approximate surface area is 117 Å². The Kier molecular flexibility index (Phi) is 2.83. The first-order valence-electron chi connectivity index (χ1n) is 5.67. The van der Waals surface area contributed by atoms with Gasteiger partial charge in [0.15, 0.2) is 0 Å². The standard InChI is InChI=1S/C14H9BrN2O2/c15-11-5-6-13(17(18)19)14(9-11)16-8-7-10-3-1-2-4-12(10)16/h1-9H. The number of para-hydroxylation sites is 1. The minimum absolute atomic E-state index is 0.0875. The van der Waals surface area contributed by atoms with Crippen molar-refractivity contribution < 1.29 is 4.92 Å². The monoisotopic (exact) mass is 316 g/mol.